The van der Waals surface area contributed by atoms with E-state index in [-0.39, 0.29) is 0 Å². The van der Waals surface area contributed by atoms with Crippen LogP contribution in [0.15, 0.2) is 30.7 Å². The Labute approximate surface area is 112 Å². The Hall–Kier alpha value is -1.97. The van der Waals surface area contributed by atoms with Crippen molar-refractivity contribution in [1.29, 1.82) is 0 Å². The molecule has 0 radical (unpaired) electrons. The van der Waals surface area contributed by atoms with Crippen LogP contribution in [0.2, 0.25) is 0 Å². The van der Waals surface area contributed by atoms with E-state index in [9.17, 15) is 0 Å². The SMILES string of the molecule is c1cc2c(cc1C1CCc3cncn3C1)OCCO2. The Morgan fingerprint density at radius 2 is 2.05 bits per heavy atom. The number of rotatable bonds is 1. The molecule has 0 amide bonds. The fourth-order valence-corrected chi connectivity index (χ4v) is 2.96. The molecule has 19 heavy (non-hydrogen) atoms. The van der Waals surface area contributed by atoms with Gasteiger partial charge in [0.1, 0.15) is 13.2 Å². The zero-order valence-corrected chi connectivity index (χ0v) is 10.7. The summed E-state index contributed by atoms with van der Waals surface area (Å²) >= 11 is 0. The Morgan fingerprint density at radius 1 is 1.16 bits per heavy atom. The van der Waals surface area contributed by atoms with E-state index in [2.05, 4.69) is 21.7 Å². The van der Waals surface area contributed by atoms with E-state index >= 15 is 0 Å². The molecular weight excluding hydrogens is 240 g/mol. The first-order valence-electron chi connectivity index (χ1n) is 6.79. The molecule has 1 aromatic carbocycles. The van der Waals surface area contributed by atoms with Crippen LogP contribution < -0.4 is 9.47 Å². The molecule has 1 aromatic heterocycles. The molecule has 2 aliphatic heterocycles. The van der Waals surface area contributed by atoms with Crippen molar-refractivity contribution in [2.24, 2.45) is 0 Å². The van der Waals surface area contributed by atoms with Crippen molar-refractivity contribution in [1.82, 2.24) is 9.55 Å². The molecule has 2 aromatic rings. The van der Waals surface area contributed by atoms with E-state index < -0.39 is 0 Å². The van der Waals surface area contributed by atoms with Gasteiger partial charge in [0.2, 0.25) is 0 Å². The van der Waals surface area contributed by atoms with E-state index in [4.69, 9.17) is 9.47 Å². The number of fused-ring (bicyclic) bond motifs is 2. The molecule has 2 aliphatic rings. The van der Waals surface area contributed by atoms with Gasteiger partial charge in [0.15, 0.2) is 11.5 Å². The molecule has 0 saturated carbocycles. The summed E-state index contributed by atoms with van der Waals surface area (Å²) in [5.74, 6) is 2.30. The highest BCUT2D eigenvalue weighted by molar-refractivity contribution is 5.45. The molecule has 0 saturated heterocycles. The van der Waals surface area contributed by atoms with Gasteiger partial charge in [0, 0.05) is 24.4 Å². The van der Waals surface area contributed by atoms with Gasteiger partial charge >= 0.3 is 0 Å². The van der Waals surface area contributed by atoms with Gasteiger partial charge in [0.25, 0.3) is 0 Å². The van der Waals surface area contributed by atoms with Crippen molar-refractivity contribution in [3.8, 4) is 11.5 Å². The largest absolute Gasteiger partial charge is 0.486 e. The summed E-state index contributed by atoms with van der Waals surface area (Å²) in [5.41, 5.74) is 2.68. The summed E-state index contributed by atoms with van der Waals surface area (Å²) in [7, 11) is 0. The van der Waals surface area contributed by atoms with Gasteiger partial charge in [-0.25, -0.2) is 4.98 Å². The summed E-state index contributed by atoms with van der Waals surface area (Å²) in [5, 5.41) is 0. The zero-order valence-electron chi connectivity index (χ0n) is 10.7. The third-order valence-corrected chi connectivity index (χ3v) is 4.00. The summed E-state index contributed by atoms with van der Waals surface area (Å²) < 4.78 is 13.5. The van der Waals surface area contributed by atoms with Crippen molar-refractivity contribution in [3.05, 3.63) is 42.0 Å². The second kappa shape index (κ2) is 4.30. The van der Waals surface area contributed by atoms with Gasteiger partial charge in [-0.3, -0.25) is 0 Å². The molecule has 3 heterocycles. The van der Waals surface area contributed by atoms with Crippen LogP contribution in [0.5, 0.6) is 11.5 Å². The molecule has 1 atom stereocenters. The molecule has 4 nitrogen and oxygen atoms in total. The average molecular weight is 256 g/mol. The lowest BCUT2D eigenvalue weighted by atomic mass is 9.90. The topological polar surface area (TPSA) is 36.3 Å². The number of ether oxygens (including phenoxy) is 2. The first-order valence-corrected chi connectivity index (χ1v) is 6.79. The maximum atomic E-state index is 5.67. The minimum absolute atomic E-state index is 0.539. The number of benzene rings is 1. The maximum Gasteiger partial charge on any atom is 0.161 e. The van der Waals surface area contributed by atoms with Crippen LogP contribution >= 0.6 is 0 Å². The highest BCUT2D eigenvalue weighted by atomic mass is 16.6. The normalized spacial score (nSPS) is 20.9. The second-order valence-corrected chi connectivity index (χ2v) is 5.18. The molecule has 0 fully saturated rings. The number of nitrogens with zero attached hydrogens (tertiary/aromatic N) is 2. The van der Waals surface area contributed by atoms with E-state index in [1.807, 2.05) is 18.6 Å². The summed E-state index contributed by atoms with van der Waals surface area (Å²) in [6, 6.07) is 6.34. The minimum atomic E-state index is 0.539. The van der Waals surface area contributed by atoms with Crippen LogP contribution in [0.25, 0.3) is 0 Å². The highest BCUT2D eigenvalue weighted by Gasteiger charge is 2.21. The molecule has 0 bridgehead atoms. The van der Waals surface area contributed by atoms with Crippen LogP contribution in [-0.2, 0) is 13.0 Å². The van der Waals surface area contributed by atoms with Crippen LogP contribution in [-0.4, -0.2) is 22.8 Å². The number of hydrogen-bond acceptors (Lipinski definition) is 3. The van der Waals surface area contributed by atoms with Crippen molar-refractivity contribution in [2.75, 3.05) is 13.2 Å². The number of imidazole rings is 1. The van der Waals surface area contributed by atoms with E-state index in [0.29, 0.717) is 19.1 Å². The molecule has 0 N–H and O–H groups in total. The van der Waals surface area contributed by atoms with Crippen LogP contribution in [0.4, 0.5) is 0 Å². The quantitative estimate of drug-likeness (QED) is 0.786. The van der Waals surface area contributed by atoms with Gasteiger partial charge in [0.05, 0.1) is 6.33 Å². The van der Waals surface area contributed by atoms with Gasteiger partial charge in [-0.1, -0.05) is 6.07 Å². The van der Waals surface area contributed by atoms with Crippen molar-refractivity contribution >= 4 is 0 Å². The fraction of sp³-hybridized carbons (Fsp3) is 0.400. The lowest BCUT2D eigenvalue weighted by Crippen LogP contribution is -2.19. The molecule has 4 rings (SSSR count). The van der Waals surface area contributed by atoms with E-state index in [1.165, 1.54) is 17.7 Å². The van der Waals surface area contributed by atoms with Crippen molar-refractivity contribution < 1.29 is 9.47 Å². The average Bonchev–Trinajstić information content (AvgIpc) is 2.94. The Morgan fingerprint density at radius 3 is 3.00 bits per heavy atom. The zero-order chi connectivity index (χ0) is 12.7. The second-order valence-electron chi connectivity index (χ2n) is 5.18. The molecular formula is C15H16N2O2. The van der Waals surface area contributed by atoms with Crippen LogP contribution in [0, 0.1) is 0 Å². The van der Waals surface area contributed by atoms with Gasteiger partial charge in [-0.05, 0) is 30.5 Å². The Bertz CT molecular complexity index is 606. The predicted molar refractivity (Wildman–Crippen MR) is 70.7 cm³/mol. The molecule has 1 unspecified atom stereocenters. The maximum absolute atomic E-state index is 5.67. The smallest absolute Gasteiger partial charge is 0.161 e. The molecule has 0 aliphatic carbocycles. The third-order valence-electron chi connectivity index (χ3n) is 4.00. The number of aromatic nitrogens is 2. The summed E-state index contributed by atoms with van der Waals surface area (Å²) in [6.07, 6.45) is 6.17. The minimum Gasteiger partial charge on any atom is -0.486 e. The Kier molecular flexibility index (Phi) is 2.47. The van der Waals surface area contributed by atoms with Crippen molar-refractivity contribution in [3.63, 3.8) is 0 Å². The van der Waals surface area contributed by atoms with E-state index in [0.717, 1.165) is 24.5 Å². The third kappa shape index (κ3) is 1.87. The van der Waals surface area contributed by atoms with Gasteiger partial charge in [-0.2, -0.15) is 0 Å². The van der Waals surface area contributed by atoms with Crippen LogP contribution in [0.1, 0.15) is 23.6 Å². The number of hydrogen-bond donors (Lipinski definition) is 0. The lowest BCUT2D eigenvalue weighted by molar-refractivity contribution is 0.171. The first kappa shape index (κ1) is 10.9. The number of aryl methyl sites for hydroxylation is 1. The lowest BCUT2D eigenvalue weighted by Gasteiger charge is -2.26. The highest BCUT2D eigenvalue weighted by Crippen LogP contribution is 2.36. The molecule has 0 spiro atoms. The standard InChI is InChI=1S/C15H16N2O2/c1-3-13-8-16-10-17(13)9-12(1)11-2-4-14-15(7-11)19-6-5-18-14/h2,4,7-8,10,12H,1,3,5-6,9H2. The van der Waals surface area contributed by atoms with Gasteiger partial charge < -0.3 is 14.0 Å². The summed E-state index contributed by atoms with van der Waals surface area (Å²) in [4.78, 5) is 4.22. The predicted octanol–water partition coefficient (Wildman–Crippen LogP) is 2.38. The van der Waals surface area contributed by atoms with Crippen molar-refractivity contribution in [2.45, 2.75) is 25.3 Å². The molecule has 4 heteroatoms. The van der Waals surface area contributed by atoms with Gasteiger partial charge in [-0.15, -0.1) is 0 Å². The van der Waals surface area contributed by atoms with E-state index in [1.54, 1.807) is 0 Å². The monoisotopic (exact) mass is 256 g/mol. The Balaban J connectivity index is 1.63. The molecule has 98 valence electrons. The first-order chi connectivity index (χ1) is 9.40. The van der Waals surface area contributed by atoms with Crippen LogP contribution in [0.3, 0.4) is 0 Å². The summed E-state index contributed by atoms with van der Waals surface area (Å²) in [6.45, 7) is 2.30. The fourth-order valence-electron chi connectivity index (χ4n) is 2.96.